The highest BCUT2D eigenvalue weighted by molar-refractivity contribution is 5.93. The van der Waals surface area contributed by atoms with Gasteiger partial charge < -0.3 is 10.2 Å². The summed E-state index contributed by atoms with van der Waals surface area (Å²) >= 11 is 0. The molecule has 1 heterocycles. The second kappa shape index (κ2) is 6.35. The number of para-hydroxylation sites is 1. The van der Waals surface area contributed by atoms with Gasteiger partial charge in [-0.2, -0.15) is 0 Å². The second-order valence-electron chi connectivity index (χ2n) is 6.20. The summed E-state index contributed by atoms with van der Waals surface area (Å²) in [6.07, 6.45) is 1.23. The van der Waals surface area contributed by atoms with Crippen LogP contribution in [0, 0.1) is 17.7 Å². The summed E-state index contributed by atoms with van der Waals surface area (Å²) in [5.41, 5.74) is 0.266. The molecule has 0 aromatic heterocycles. The number of rotatable bonds is 3. The van der Waals surface area contributed by atoms with Crippen LogP contribution in [0.3, 0.4) is 0 Å². The number of nitrogens with one attached hydrogen (secondary N) is 2. The lowest BCUT2D eigenvalue weighted by Gasteiger charge is -2.35. The monoisotopic (exact) mass is 279 g/mol. The SMILES string of the molecule is C[C@H]1C[C@H](C)C[NH+]([C@@H](C)C(=O)Nc2ccccc2F)C1. The average Bonchev–Trinajstić information content (AvgIpc) is 2.39. The predicted molar refractivity (Wildman–Crippen MR) is 78.1 cm³/mol. The molecule has 1 fully saturated rings. The Morgan fingerprint density at radius 2 is 1.90 bits per heavy atom. The Balaban J connectivity index is 2.00. The number of carbonyl (C=O) groups is 1. The number of hydrogen-bond acceptors (Lipinski definition) is 1. The minimum Gasteiger partial charge on any atom is -0.324 e. The van der Waals surface area contributed by atoms with Crippen molar-refractivity contribution in [2.24, 2.45) is 11.8 Å². The molecule has 0 bridgehead atoms. The number of hydrogen-bond donors (Lipinski definition) is 2. The van der Waals surface area contributed by atoms with Gasteiger partial charge in [-0.1, -0.05) is 26.0 Å². The van der Waals surface area contributed by atoms with E-state index in [2.05, 4.69) is 19.2 Å². The standard InChI is InChI=1S/C16H23FN2O/c1-11-8-12(2)10-19(9-11)13(3)16(20)18-15-7-5-4-6-14(15)17/h4-7,11-13H,8-10H2,1-3H3,(H,18,20)/p+1/t11-,12-,13-/m0/s1. The molecule has 1 amide bonds. The summed E-state index contributed by atoms with van der Waals surface area (Å²) in [7, 11) is 0. The van der Waals surface area contributed by atoms with Crippen molar-refractivity contribution < 1.29 is 14.1 Å². The first-order chi connectivity index (χ1) is 9.47. The van der Waals surface area contributed by atoms with Crippen molar-refractivity contribution in [3.8, 4) is 0 Å². The molecule has 2 rings (SSSR count). The smallest absolute Gasteiger partial charge is 0.282 e. The number of piperidine rings is 1. The maximum atomic E-state index is 13.6. The van der Waals surface area contributed by atoms with E-state index in [-0.39, 0.29) is 23.5 Å². The fourth-order valence-corrected chi connectivity index (χ4v) is 3.17. The van der Waals surface area contributed by atoms with Gasteiger partial charge in [-0.15, -0.1) is 0 Å². The molecular weight excluding hydrogens is 255 g/mol. The molecule has 0 radical (unpaired) electrons. The minimum atomic E-state index is -0.386. The molecule has 0 aliphatic carbocycles. The first-order valence-electron chi connectivity index (χ1n) is 7.37. The summed E-state index contributed by atoms with van der Waals surface area (Å²) in [5.74, 6) is 0.782. The van der Waals surface area contributed by atoms with Gasteiger partial charge in [0, 0.05) is 11.8 Å². The highest BCUT2D eigenvalue weighted by Crippen LogP contribution is 2.14. The van der Waals surface area contributed by atoms with Crippen molar-refractivity contribution >= 4 is 11.6 Å². The van der Waals surface area contributed by atoms with Crippen LogP contribution in [0.25, 0.3) is 0 Å². The fraction of sp³-hybridized carbons (Fsp3) is 0.562. The molecule has 2 N–H and O–H groups in total. The van der Waals surface area contributed by atoms with Gasteiger partial charge >= 0.3 is 0 Å². The average molecular weight is 279 g/mol. The third-order valence-corrected chi connectivity index (χ3v) is 4.16. The van der Waals surface area contributed by atoms with E-state index in [0.29, 0.717) is 11.8 Å². The van der Waals surface area contributed by atoms with Crippen LogP contribution in [0.4, 0.5) is 10.1 Å². The highest BCUT2D eigenvalue weighted by Gasteiger charge is 2.32. The van der Waals surface area contributed by atoms with Crippen molar-refractivity contribution in [1.82, 2.24) is 0 Å². The maximum Gasteiger partial charge on any atom is 0.282 e. The lowest BCUT2D eigenvalue weighted by molar-refractivity contribution is -0.925. The van der Waals surface area contributed by atoms with Crippen molar-refractivity contribution in [2.75, 3.05) is 18.4 Å². The Morgan fingerprint density at radius 3 is 2.50 bits per heavy atom. The van der Waals surface area contributed by atoms with Crippen LogP contribution in [0.2, 0.25) is 0 Å². The van der Waals surface area contributed by atoms with E-state index < -0.39 is 0 Å². The minimum absolute atomic E-state index is 0.105. The van der Waals surface area contributed by atoms with Crippen LogP contribution in [0.1, 0.15) is 27.2 Å². The van der Waals surface area contributed by atoms with Crippen LogP contribution in [-0.2, 0) is 4.79 Å². The lowest BCUT2D eigenvalue weighted by atomic mass is 9.91. The number of likely N-dealkylation sites (tertiary alicyclic amines) is 1. The van der Waals surface area contributed by atoms with Crippen LogP contribution >= 0.6 is 0 Å². The first-order valence-corrected chi connectivity index (χ1v) is 7.37. The Hall–Kier alpha value is -1.42. The molecule has 1 aliphatic rings. The van der Waals surface area contributed by atoms with Gasteiger partial charge in [0.1, 0.15) is 5.82 Å². The van der Waals surface area contributed by atoms with Crippen LogP contribution < -0.4 is 10.2 Å². The molecule has 1 aromatic carbocycles. The van der Waals surface area contributed by atoms with Gasteiger partial charge in [-0.3, -0.25) is 4.79 Å². The molecule has 20 heavy (non-hydrogen) atoms. The molecule has 1 saturated heterocycles. The number of carbonyl (C=O) groups excluding carboxylic acids is 1. The van der Waals surface area contributed by atoms with Gasteiger partial charge in [0.25, 0.3) is 5.91 Å². The van der Waals surface area contributed by atoms with Gasteiger partial charge in [-0.25, -0.2) is 4.39 Å². The van der Waals surface area contributed by atoms with Gasteiger partial charge in [-0.05, 0) is 25.5 Å². The number of quaternary nitrogens is 1. The molecule has 3 atom stereocenters. The zero-order valence-corrected chi connectivity index (χ0v) is 12.4. The number of anilines is 1. The quantitative estimate of drug-likeness (QED) is 0.868. The second-order valence-corrected chi connectivity index (χ2v) is 6.20. The summed E-state index contributed by atoms with van der Waals surface area (Å²) in [6, 6.07) is 6.14. The number of halogens is 1. The number of benzene rings is 1. The summed E-state index contributed by atoms with van der Waals surface area (Å²) in [5, 5.41) is 2.70. The zero-order valence-electron chi connectivity index (χ0n) is 12.4. The topological polar surface area (TPSA) is 33.5 Å². The van der Waals surface area contributed by atoms with Crippen LogP contribution in [-0.4, -0.2) is 25.0 Å². The van der Waals surface area contributed by atoms with E-state index in [1.165, 1.54) is 17.4 Å². The normalized spacial score (nSPS) is 27.9. The molecule has 0 spiro atoms. The molecule has 110 valence electrons. The van der Waals surface area contributed by atoms with Crippen LogP contribution in [0.15, 0.2) is 24.3 Å². The summed E-state index contributed by atoms with van der Waals surface area (Å²) in [4.78, 5) is 13.6. The first kappa shape index (κ1) is 15.0. The molecule has 1 aromatic rings. The molecule has 4 heteroatoms. The summed E-state index contributed by atoms with van der Waals surface area (Å²) < 4.78 is 13.6. The van der Waals surface area contributed by atoms with Gasteiger partial charge in [0.15, 0.2) is 6.04 Å². The van der Waals surface area contributed by atoms with E-state index in [9.17, 15) is 9.18 Å². The molecule has 0 unspecified atom stereocenters. The van der Waals surface area contributed by atoms with Crippen LogP contribution in [0.5, 0.6) is 0 Å². The van der Waals surface area contributed by atoms with E-state index in [1.807, 2.05) is 6.92 Å². The van der Waals surface area contributed by atoms with Crippen molar-refractivity contribution in [1.29, 1.82) is 0 Å². The highest BCUT2D eigenvalue weighted by atomic mass is 19.1. The molecule has 1 aliphatic heterocycles. The van der Waals surface area contributed by atoms with E-state index in [4.69, 9.17) is 0 Å². The third-order valence-electron chi connectivity index (χ3n) is 4.16. The Morgan fingerprint density at radius 1 is 1.30 bits per heavy atom. The van der Waals surface area contributed by atoms with Gasteiger partial charge in [0.2, 0.25) is 0 Å². The Bertz CT molecular complexity index is 467. The molecule has 3 nitrogen and oxygen atoms in total. The van der Waals surface area contributed by atoms with E-state index in [0.717, 1.165) is 13.1 Å². The fourth-order valence-electron chi connectivity index (χ4n) is 3.17. The number of amides is 1. The van der Waals surface area contributed by atoms with Crippen molar-refractivity contribution in [3.63, 3.8) is 0 Å². The zero-order chi connectivity index (χ0) is 14.7. The predicted octanol–water partition coefficient (Wildman–Crippen LogP) is 1.71. The molecular formula is C16H24FN2O+. The molecule has 0 saturated carbocycles. The van der Waals surface area contributed by atoms with E-state index in [1.54, 1.807) is 18.2 Å². The summed E-state index contributed by atoms with van der Waals surface area (Å²) in [6.45, 7) is 8.41. The van der Waals surface area contributed by atoms with Crippen molar-refractivity contribution in [2.45, 2.75) is 33.2 Å². The third kappa shape index (κ3) is 3.57. The van der Waals surface area contributed by atoms with Crippen molar-refractivity contribution in [3.05, 3.63) is 30.1 Å². The van der Waals surface area contributed by atoms with Gasteiger partial charge in [0.05, 0.1) is 18.8 Å². The maximum absolute atomic E-state index is 13.6. The Labute approximate surface area is 120 Å². The van der Waals surface area contributed by atoms with E-state index >= 15 is 0 Å². The Kier molecular flexibility index (Phi) is 4.76. The lowest BCUT2D eigenvalue weighted by Crippen LogP contribution is -3.18. The largest absolute Gasteiger partial charge is 0.324 e.